The Morgan fingerprint density at radius 1 is 1.30 bits per heavy atom. The van der Waals surface area contributed by atoms with Crippen LogP contribution in [-0.4, -0.2) is 81.1 Å². The third-order valence-electron chi connectivity index (χ3n) is 3.45. The number of amides is 2. The Morgan fingerprint density at radius 2 is 1.95 bits per heavy atom. The van der Waals surface area contributed by atoms with Crippen molar-refractivity contribution < 1.29 is 14.3 Å². The molecule has 0 radical (unpaired) electrons. The summed E-state index contributed by atoms with van der Waals surface area (Å²) >= 11 is 0. The summed E-state index contributed by atoms with van der Waals surface area (Å²) < 4.78 is 4.87. The van der Waals surface area contributed by atoms with Crippen LogP contribution < -0.4 is 11.1 Å². The number of methoxy groups -OCH3 is 1. The van der Waals surface area contributed by atoms with Gasteiger partial charge in [-0.3, -0.25) is 14.5 Å². The van der Waals surface area contributed by atoms with Crippen LogP contribution in [0.5, 0.6) is 0 Å². The van der Waals surface area contributed by atoms with Gasteiger partial charge in [0.05, 0.1) is 13.2 Å². The molecule has 2 amide bonds. The summed E-state index contributed by atoms with van der Waals surface area (Å²) in [5, 5.41) is 2.79. The molecular formula is C13H26N4O3. The van der Waals surface area contributed by atoms with Crippen molar-refractivity contribution in [3.8, 4) is 0 Å². The predicted molar refractivity (Wildman–Crippen MR) is 76.1 cm³/mol. The van der Waals surface area contributed by atoms with Crippen LogP contribution in [-0.2, 0) is 14.3 Å². The Labute approximate surface area is 120 Å². The minimum absolute atomic E-state index is 0.00264. The molecule has 1 unspecified atom stereocenters. The number of ether oxygens (including phenoxy) is 1. The molecule has 0 aromatic carbocycles. The van der Waals surface area contributed by atoms with Crippen LogP contribution in [0.3, 0.4) is 0 Å². The largest absolute Gasteiger partial charge is 0.383 e. The normalized spacial score (nSPS) is 17.9. The highest BCUT2D eigenvalue weighted by atomic mass is 16.5. The maximum absolute atomic E-state index is 12.0. The monoisotopic (exact) mass is 286 g/mol. The topological polar surface area (TPSA) is 87.9 Å². The Hall–Kier alpha value is -1.18. The highest BCUT2D eigenvalue weighted by Gasteiger charge is 2.24. The van der Waals surface area contributed by atoms with E-state index in [0.717, 1.165) is 13.1 Å². The van der Waals surface area contributed by atoms with E-state index in [4.69, 9.17) is 10.5 Å². The van der Waals surface area contributed by atoms with Gasteiger partial charge in [0.15, 0.2) is 0 Å². The zero-order valence-electron chi connectivity index (χ0n) is 12.4. The van der Waals surface area contributed by atoms with E-state index in [1.807, 2.05) is 11.8 Å². The Kier molecular flexibility index (Phi) is 7.50. The molecule has 1 atom stereocenters. The van der Waals surface area contributed by atoms with E-state index in [0.29, 0.717) is 39.3 Å². The lowest BCUT2D eigenvalue weighted by Crippen LogP contribution is -2.52. The second kappa shape index (κ2) is 8.89. The van der Waals surface area contributed by atoms with Gasteiger partial charge in [0.2, 0.25) is 11.8 Å². The van der Waals surface area contributed by atoms with Crippen molar-refractivity contribution >= 4 is 11.8 Å². The first-order valence-electron chi connectivity index (χ1n) is 7.05. The molecule has 0 aliphatic carbocycles. The molecule has 20 heavy (non-hydrogen) atoms. The molecule has 0 aromatic rings. The maximum Gasteiger partial charge on any atom is 0.234 e. The molecule has 1 heterocycles. The maximum atomic E-state index is 12.0. The number of nitrogens with zero attached hydrogens (tertiary/aromatic N) is 2. The summed E-state index contributed by atoms with van der Waals surface area (Å²) in [5.74, 6) is -0.0206. The fourth-order valence-electron chi connectivity index (χ4n) is 2.09. The lowest BCUT2D eigenvalue weighted by Gasteiger charge is -2.35. The van der Waals surface area contributed by atoms with Gasteiger partial charge in [-0.2, -0.15) is 0 Å². The van der Waals surface area contributed by atoms with E-state index >= 15 is 0 Å². The molecule has 1 fully saturated rings. The SMILES string of the molecule is COCCNC(=O)CN1CCN(C(=O)C(C)CN)CC1. The van der Waals surface area contributed by atoms with Crippen molar-refractivity contribution in [2.75, 3.05) is 59.5 Å². The molecule has 1 aliphatic heterocycles. The van der Waals surface area contributed by atoms with Crippen LogP contribution in [0.1, 0.15) is 6.92 Å². The number of rotatable bonds is 7. The van der Waals surface area contributed by atoms with Gasteiger partial charge in [0, 0.05) is 52.3 Å². The summed E-state index contributed by atoms with van der Waals surface area (Å²) in [5.41, 5.74) is 5.51. The smallest absolute Gasteiger partial charge is 0.234 e. The molecule has 1 rings (SSSR count). The summed E-state index contributed by atoms with van der Waals surface area (Å²) in [4.78, 5) is 27.5. The van der Waals surface area contributed by atoms with E-state index < -0.39 is 0 Å². The summed E-state index contributed by atoms with van der Waals surface area (Å²) in [6.07, 6.45) is 0. The third-order valence-corrected chi connectivity index (χ3v) is 3.45. The number of nitrogens with one attached hydrogen (secondary N) is 1. The number of carbonyl (C=O) groups is 2. The number of carbonyl (C=O) groups excluding carboxylic acids is 2. The van der Waals surface area contributed by atoms with Gasteiger partial charge < -0.3 is 20.7 Å². The van der Waals surface area contributed by atoms with E-state index in [1.54, 1.807) is 7.11 Å². The van der Waals surface area contributed by atoms with E-state index in [9.17, 15) is 9.59 Å². The van der Waals surface area contributed by atoms with Crippen LogP contribution in [0.2, 0.25) is 0 Å². The minimum atomic E-state index is -0.126. The molecule has 1 saturated heterocycles. The standard InChI is InChI=1S/C13H26N4O3/c1-11(9-14)13(19)17-6-4-16(5-7-17)10-12(18)15-3-8-20-2/h11H,3-10,14H2,1-2H3,(H,15,18). The quantitative estimate of drug-likeness (QED) is 0.556. The van der Waals surface area contributed by atoms with Gasteiger partial charge in [-0.05, 0) is 0 Å². The first-order valence-corrected chi connectivity index (χ1v) is 7.05. The van der Waals surface area contributed by atoms with Gasteiger partial charge in [0.1, 0.15) is 0 Å². The lowest BCUT2D eigenvalue weighted by atomic mass is 10.1. The van der Waals surface area contributed by atoms with Crippen molar-refractivity contribution in [2.45, 2.75) is 6.92 Å². The molecule has 0 spiro atoms. The van der Waals surface area contributed by atoms with Crippen LogP contribution in [0.25, 0.3) is 0 Å². The molecule has 1 aliphatic rings. The van der Waals surface area contributed by atoms with Gasteiger partial charge >= 0.3 is 0 Å². The number of hydrogen-bond donors (Lipinski definition) is 2. The fourth-order valence-corrected chi connectivity index (χ4v) is 2.09. The molecule has 0 bridgehead atoms. The zero-order valence-corrected chi connectivity index (χ0v) is 12.4. The Bertz CT molecular complexity index is 317. The number of piperazine rings is 1. The molecule has 3 N–H and O–H groups in total. The summed E-state index contributed by atoms with van der Waals surface area (Å²) in [6.45, 7) is 6.41. The number of nitrogens with two attached hydrogens (primary N) is 1. The summed E-state index contributed by atoms with van der Waals surface area (Å²) in [7, 11) is 1.60. The molecule has 116 valence electrons. The second-order valence-corrected chi connectivity index (χ2v) is 5.08. The van der Waals surface area contributed by atoms with Gasteiger partial charge in [0.25, 0.3) is 0 Å². The molecule has 7 heteroatoms. The highest BCUT2D eigenvalue weighted by Crippen LogP contribution is 2.06. The van der Waals surface area contributed by atoms with E-state index in [-0.39, 0.29) is 17.7 Å². The fraction of sp³-hybridized carbons (Fsp3) is 0.846. The van der Waals surface area contributed by atoms with Gasteiger partial charge in [-0.15, -0.1) is 0 Å². The van der Waals surface area contributed by atoms with Crippen LogP contribution in [0, 0.1) is 5.92 Å². The van der Waals surface area contributed by atoms with Gasteiger partial charge in [-0.1, -0.05) is 6.92 Å². The Morgan fingerprint density at radius 3 is 2.50 bits per heavy atom. The van der Waals surface area contributed by atoms with Crippen molar-refractivity contribution in [3.05, 3.63) is 0 Å². The molecule has 7 nitrogen and oxygen atoms in total. The van der Waals surface area contributed by atoms with Gasteiger partial charge in [-0.25, -0.2) is 0 Å². The van der Waals surface area contributed by atoms with Crippen LogP contribution >= 0.6 is 0 Å². The van der Waals surface area contributed by atoms with Crippen LogP contribution in [0.15, 0.2) is 0 Å². The molecule has 0 aromatic heterocycles. The lowest BCUT2D eigenvalue weighted by molar-refractivity contribution is -0.136. The van der Waals surface area contributed by atoms with E-state index in [1.165, 1.54) is 0 Å². The second-order valence-electron chi connectivity index (χ2n) is 5.08. The summed E-state index contributed by atoms with van der Waals surface area (Å²) in [6, 6.07) is 0. The average Bonchev–Trinajstić information content (AvgIpc) is 2.46. The average molecular weight is 286 g/mol. The van der Waals surface area contributed by atoms with Crippen molar-refractivity contribution in [1.82, 2.24) is 15.1 Å². The van der Waals surface area contributed by atoms with Crippen LogP contribution in [0.4, 0.5) is 0 Å². The highest BCUT2D eigenvalue weighted by molar-refractivity contribution is 5.79. The first-order chi connectivity index (χ1) is 9.58. The van der Waals surface area contributed by atoms with Crippen molar-refractivity contribution in [2.24, 2.45) is 11.7 Å². The molecular weight excluding hydrogens is 260 g/mol. The van der Waals surface area contributed by atoms with Crippen molar-refractivity contribution in [1.29, 1.82) is 0 Å². The third kappa shape index (κ3) is 5.44. The molecule has 0 saturated carbocycles. The first kappa shape index (κ1) is 16.9. The number of hydrogen-bond acceptors (Lipinski definition) is 5. The predicted octanol–water partition coefficient (Wildman–Crippen LogP) is -1.51. The minimum Gasteiger partial charge on any atom is -0.383 e. The Balaban J connectivity index is 2.25. The zero-order chi connectivity index (χ0) is 15.0. The van der Waals surface area contributed by atoms with Crippen molar-refractivity contribution in [3.63, 3.8) is 0 Å². The van der Waals surface area contributed by atoms with E-state index in [2.05, 4.69) is 10.2 Å².